The summed E-state index contributed by atoms with van der Waals surface area (Å²) in [5, 5.41) is 8.82. The third-order valence-electron chi connectivity index (χ3n) is 3.62. The van der Waals surface area contributed by atoms with Gasteiger partial charge in [-0.25, -0.2) is 22.5 Å². The van der Waals surface area contributed by atoms with E-state index >= 15 is 0 Å². The second kappa shape index (κ2) is 5.52. The smallest absolute Gasteiger partial charge is 0.261 e. The SMILES string of the molecule is O=S(=O)(NCC1(CO)CCCC1)c1ncccc1F. The van der Waals surface area contributed by atoms with Crippen molar-refractivity contribution in [1.82, 2.24) is 9.71 Å². The third kappa shape index (κ3) is 3.10. The summed E-state index contributed by atoms with van der Waals surface area (Å²) in [7, 11) is -3.97. The highest BCUT2D eigenvalue weighted by atomic mass is 32.2. The van der Waals surface area contributed by atoms with E-state index < -0.39 is 26.3 Å². The van der Waals surface area contributed by atoms with Crippen molar-refractivity contribution in [2.75, 3.05) is 13.2 Å². The Labute approximate surface area is 111 Å². The van der Waals surface area contributed by atoms with Crippen LogP contribution in [0, 0.1) is 11.2 Å². The van der Waals surface area contributed by atoms with Crippen molar-refractivity contribution >= 4 is 10.0 Å². The van der Waals surface area contributed by atoms with E-state index in [2.05, 4.69) is 9.71 Å². The molecule has 0 amide bonds. The Kier molecular flexibility index (Phi) is 4.17. The van der Waals surface area contributed by atoms with Gasteiger partial charge in [0.05, 0.1) is 0 Å². The summed E-state index contributed by atoms with van der Waals surface area (Å²) in [4.78, 5) is 3.56. The number of rotatable bonds is 5. The largest absolute Gasteiger partial charge is 0.396 e. The van der Waals surface area contributed by atoms with Crippen molar-refractivity contribution in [1.29, 1.82) is 0 Å². The average Bonchev–Trinajstić information content (AvgIpc) is 2.86. The number of sulfonamides is 1. The summed E-state index contributed by atoms with van der Waals surface area (Å²) < 4.78 is 39.7. The maximum atomic E-state index is 13.4. The van der Waals surface area contributed by atoms with Gasteiger partial charge in [-0.3, -0.25) is 0 Å². The normalized spacial score (nSPS) is 18.6. The molecular formula is C12H17FN2O3S. The van der Waals surface area contributed by atoms with Crippen LogP contribution in [0.4, 0.5) is 4.39 Å². The molecule has 0 atom stereocenters. The Morgan fingerprint density at radius 3 is 2.68 bits per heavy atom. The van der Waals surface area contributed by atoms with Crippen LogP contribution in [0.5, 0.6) is 0 Å². The van der Waals surface area contributed by atoms with E-state index in [-0.39, 0.29) is 13.2 Å². The molecule has 0 unspecified atom stereocenters. The molecule has 106 valence electrons. The van der Waals surface area contributed by atoms with Gasteiger partial charge in [-0.05, 0) is 25.0 Å². The van der Waals surface area contributed by atoms with Crippen LogP contribution in [0.3, 0.4) is 0 Å². The first-order chi connectivity index (χ1) is 8.99. The lowest BCUT2D eigenvalue weighted by Crippen LogP contribution is -2.38. The lowest BCUT2D eigenvalue weighted by atomic mass is 9.88. The van der Waals surface area contributed by atoms with E-state index in [1.165, 1.54) is 12.3 Å². The van der Waals surface area contributed by atoms with Gasteiger partial charge in [0, 0.05) is 24.8 Å². The Bertz CT molecular complexity index is 542. The van der Waals surface area contributed by atoms with Crippen molar-refractivity contribution in [2.45, 2.75) is 30.7 Å². The molecule has 0 radical (unpaired) electrons. The maximum Gasteiger partial charge on any atom is 0.261 e. The van der Waals surface area contributed by atoms with Crippen molar-refractivity contribution in [3.05, 3.63) is 24.1 Å². The van der Waals surface area contributed by atoms with E-state index in [0.717, 1.165) is 31.7 Å². The molecule has 0 bridgehead atoms. The second-order valence-corrected chi connectivity index (χ2v) is 6.66. The Balaban J connectivity index is 2.12. The number of aliphatic hydroxyl groups excluding tert-OH is 1. The molecule has 2 rings (SSSR count). The summed E-state index contributed by atoms with van der Waals surface area (Å²) in [6.45, 7) is 0.0437. The van der Waals surface area contributed by atoms with Gasteiger partial charge in [0.25, 0.3) is 10.0 Å². The fourth-order valence-corrected chi connectivity index (χ4v) is 3.56. The van der Waals surface area contributed by atoms with Crippen LogP contribution in [-0.2, 0) is 10.0 Å². The fourth-order valence-electron chi connectivity index (χ4n) is 2.40. The molecule has 1 saturated carbocycles. The summed E-state index contributed by atoms with van der Waals surface area (Å²) in [5.41, 5.74) is -0.418. The Hall–Kier alpha value is -1.05. The van der Waals surface area contributed by atoms with Crippen LogP contribution in [0.2, 0.25) is 0 Å². The molecule has 1 fully saturated rings. The van der Waals surface area contributed by atoms with Crippen molar-refractivity contribution in [3.8, 4) is 0 Å². The molecule has 1 aromatic heterocycles. The molecule has 0 spiro atoms. The summed E-state index contributed by atoms with van der Waals surface area (Å²) in [6, 6.07) is 2.39. The van der Waals surface area contributed by atoms with E-state index in [4.69, 9.17) is 0 Å². The van der Waals surface area contributed by atoms with Crippen LogP contribution < -0.4 is 4.72 Å². The number of nitrogens with zero attached hydrogens (tertiary/aromatic N) is 1. The van der Waals surface area contributed by atoms with Crippen LogP contribution in [0.25, 0.3) is 0 Å². The number of hydrogen-bond donors (Lipinski definition) is 2. The molecule has 0 aromatic carbocycles. The lowest BCUT2D eigenvalue weighted by Gasteiger charge is -2.26. The van der Waals surface area contributed by atoms with Gasteiger partial charge < -0.3 is 5.11 Å². The zero-order chi connectivity index (χ0) is 13.9. The van der Waals surface area contributed by atoms with Gasteiger partial charge in [0.1, 0.15) is 0 Å². The topological polar surface area (TPSA) is 79.3 Å². The van der Waals surface area contributed by atoms with E-state index in [1.54, 1.807) is 0 Å². The number of aromatic nitrogens is 1. The first kappa shape index (κ1) is 14.4. The third-order valence-corrected chi connectivity index (χ3v) is 4.95. The Morgan fingerprint density at radius 2 is 2.11 bits per heavy atom. The zero-order valence-electron chi connectivity index (χ0n) is 10.5. The number of pyridine rings is 1. The number of nitrogens with one attached hydrogen (secondary N) is 1. The molecular weight excluding hydrogens is 271 g/mol. The molecule has 1 aromatic rings. The highest BCUT2D eigenvalue weighted by molar-refractivity contribution is 7.89. The number of aliphatic hydroxyl groups is 1. The summed E-state index contributed by atoms with van der Waals surface area (Å²) >= 11 is 0. The van der Waals surface area contributed by atoms with Crippen LogP contribution in [0.1, 0.15) is 25.7 Å². The summed E-state index contributed by atoms with van der Waals surface area (Å²) in [5.74, 6) is -0.875. The van der Waals surface area contributed by atoms with Crippen molar-refractivity contribution in [2.24, 2.45) is 5.41 Å². The second-order valence-electron chi connectivity index (χ2n) is 4.98. The molecule has 2 N–H and O–H groups in total. The minimum Gasteiger partial charge on any atom is -0.396 e. The van der Waals surface area contributed by atoms with E-state index in [1.807, 2.05) is 0 Å². The molecule has 5 nitrogen and oxygen atoms in total. The predicted octanol–water partition coefficient (Wildman–Crippen LogP) is 1.05. The molecule has 7 heteroatoms. The lowest BCUT2D eigenvalue weighted by molar-refractivity contribution is 0.134. The molecule has 1 aliphatic rings. The quantitative estimate of drug-likeness (QED) is 0.849. The first-order valence-corrected chi connectivity index (χ1v) is 7.68. The van der Waals surface area contributed by atoms with Gasteiger partial charge in [-0.1, -0.05) is 12.8 Å². The minimum atomic E-state index is -3.97. The van der Waals surface area contributed by atoms with Gasteiger partial charge in [0.15, 0.2) is 5.82 Å². The Morgan fingerprint density at radius 1 is 1.42 bits per heavy atom. The van der Waals surface area contributed by atoms with E-state index in [9.17, 15) is 17.9 Å². The molecule has 1 heterocycles. The molecule has 1 aliphatic carbocycles. The summed E-state index contributed by atoms with van der Waals surface area (Å²) in [6.07, 6.45) is 4.73. The van der Waals surface area contributed by atoms with Crippen LogP contribution >= 0.6 is 0 Å². The minimum absolute atomic E-state index is 0.0692. The molecule has 0 aliphatic heterocycles. The number of hydrogen-bond acceptors (Lipinski definition) is 4. The van der Waals surface area contributed by atoms with Crippen molar-refractivity contribution < 1.29 is 17.9 Å². The average molecular weight is 288 g/mol. The van der Waals surface area contributed by atoms with Crippen LogP contribution in [-0.4, -0.2) is 31.7 Å². The predicted molar refractivity (Wildman–Crippen MR) is 67.4 cm³/mol. The highest BCUT2D eigenvalue weighted by Crippen LogP contribution is 2.37. The fraction of sp³-hybridized carbons (Fsp3) is 0.583. The molecule has 0 saturated heterocycles. The van der Waals surface area contributed by atoms with E-state index in [0.29, 0.717) is 0 Å². The van der Waals surface area contributed by atoms with Gasteiger partial charge in [-0.2, -0.15) is 0 Å². The van der Waals surface area contributed by atoms with Gasteiger partial charge >= 0.3 is 0 Å². The monoisotopic (exact) mass is 288 g/mol. The van der Waals surface area contributed by atoms with Crippen molar-refractivity contribution in [3.63, 3.8) is 0 Å². The van der Waals surface area contributed by atoms with Crippen LogP contribution in [0.15, 0.2) is 23.4 Å². The first-order valence-electron chi connectivity index (χ1n) is 6.20. The zero-order valence-corrected chi connectivity index (χ0v) is 11.3. The highest BCUT2D eigenvalue weighted by Gasteiger charge is 2.35. The van der Waals surface area contributed by atoms with Gasteiger partial charge in [0.2, 0.25) is 5.03 Å². The van der Waals surface area contributed by atoms with Gasteiger partial charge in [-0.15, -0.1) is 0 Å². The molecule has 19 heavy (non-hydrogen) atoms. The number of halogens is 1. The maximum absolute atomic E-state index is 13.4. The standard InChI is InChI=1S/C12H17FN2O3S/c13-10-4-3-7-14-11(10)19(17,18)15-8-12(9-16)5-1-2-6-12/h3-4,7,15-16H,1-2,5-6,8-9H2.